The van der Waals surface area contributed by atoms with E-state index in [2.05, 4.69) is 13.8 Å². The van der Waals surface area contributed by atoms with E-state index < -0.39 is 0 Å². The summed E-state index contributed by atoms with van der Waals surface area (Å²) in [6, 6.07) is 0. The van der Waals surface area contributed by atoms with Crippen molar-refractivity contribution in [2.24, 2.45) is 0 Å². The summed E-state index contributed by atoms with van der Waals surface area (Å²) in [6.07, 6.45) is 9.79. The molecule has 0 aliphatic carbocycles. The average molecular weight is 272 g/mol. The first-order valence-corrected chi connectivity index (χ1v) is 7.97. The standard InChI is InChI=1S/C16H32O3/c1-4-6-8-9-10-11-12-16(17)19-15(3)14-18-13-7-5-2/h15H,4-14H2,1-3H3. The maximum Gasteiger partial charge on any atom is 0.306 e. The van der Waals surface area contributed by atoms with Gasteiger partial charge in [0.1, 0.15) is 6.10 Å². The van der Waals surface area contributed by atoms with Crippen LogP contribution in [0.15, 0.2) is 0 Å². The largest absolute Gasteiger partial charge is 0.460 e. The van der Waals surface area contributed by atoms with Crippen molar-refractivity contribution in [1.29, 1.82) is 0 Å². The molecule has 0 N–H and O–H groups in total. The zero-order valence-corrected chi connectivity index (χ0v) is 13.1. The summed E-state index contributed by atoms with van der Waals surface area (Å²) in [5, 5.41) is 0. The first-order valence-electron chi connectivity index (χ1n) is 7.97. The molecule has 0 aromatic carbocycles. The molecule has 0 bridgehead atoms. The Bertz CT molecular complexity index is 204. The van der Waals surface area contributed by atoms with Crippen LogP contribution in [0, 0.1) is 0 Å². The minimum Gasteiger partial charge on any atom is -0.460 e. The summed E-state index contributed by atoms with van der Waals surface area (Å²) >= 11 is 0. The molecule has 0 rings (SSSR count). The second kappa shape index (κ2) is 13.9. The van der Waals surface area contributed by atoms with Crippen LogP contribution in [0.25, 0.3) is 0 Å². The van der Waals surface area contributed by atoms with E-state index in [-0.39, 0.29) is 12.1 Å². The lowest BCUT2D eigenvalue weighted by Gasteiger charge is -2.13. The molecule has 0 fully saturated rings. The molecule has 0 radical (unpaired) electrons. The molecule has 0 aromatic rings. The highest BCUT2D eigenvalue weighted by atomic mass is 16.6. The lowest BCUT2D eigenvalue weighted by Crippen LogP contribution is -2.20. The molecular formula is C16H32O3. The first-order chi connectivity index (χ1) is 9.20. The van der Waals surface area contributed by atoms with Crippen LogP contribution in [0.1, 0.15) is 78.6 Å². The Kier molecular flexibility index (Phi) is 13.4. The maximum atomic E-state index is 11.6. The van der Waals surface area contributed by atoms with E-state index in [9.17, 15) is 4.79 Å². The van der Waals surface area contributed by atoms with Crippen molar-refractivity contribution in [1.82, 2.24) is 0 Å². The van der Waals surface area contributed by atoms with E-state index in [0.717, 1.165) is 32.3 Å². The minimum absolute atomic E-state index is 0.0814. The van der Waals surface area contributed by atoms with E-state index >= 15 is 0 Å². The Morgan fingerprint density at radius 2 is 1.58 bits per heavy atom. The van der Waals surface area contributed by atoms with Crippen LogP contribution >= 0.6 is 0 Å². The van der Waals surface area contributed by atoms with E-state index in [1.165, 1.54) is 25.7 Å². The third-order valence-electron chi connectivity index (χ3n) is 3.06. The molecule has 114 valence electrons. The van der Waals surface area contributed by atoms with Crippen molar-refractivity contribution in [3.05, 3.63) is 0 Å². The summed E-state index contributed by atoms with van der Waals surface area (Å²) < 4.78 is 10.7. The van der Waals surface area contributed by atoms with E-state index in [4.69, 9.17) is 9.47 Å². The Morgan fingerprint density at radius 1 is 0.947 bits per heavy atom. The van der Waals surface area contributed by atoms with Gasteiger partial charge in [0.25, 0.3) is 0 Å². The Hall–Kier alpha value is -0.570. The summed E-state index contributed by atoms with van der Waals surface area (Å²) in [5.41, 5.74) is 0. The molecule has 0 amide bonds. The van der Waals surface area contributed by atoms with Crippen LogP contribution in [-0.2, 0) is 14.3 Å². The fourth-order valence-corrected chi connectivity index (χ4v) is 1.86. The number of ether oxygens (including phenoxy) is 2. The van der Waals surface area contributed by atoms with Gasteiger partial charge in [-0.05, 0) is 19.8 Å². The smallest absolute Gasteiger partial charge is 0.306 e. The van der Waals surface area contributed by atoms with Crippen molar-refractivity contribution >= 4 is 5.97 Å². The highest BCUT2D eigenvalue weighted by Gasteiger charge is 2.09. The molecule has 0 aliphatic rings. The van der Waals surface area contributed by atoms with Crippen molar-refractivity contribution in [2.75, 3.05) is 13.2 Å². The molecule has 1 atom stereocenters. The molecule has 0 aliphatic heterocycles. The van der Waals surface area contributed by atoms with Gasteiger partial charge in [-0.3, -0.25) is 4.79 Å². The zero-order valence-electron chi connectivity index (χ0n) is 13.1. The third kappa shape index (κ3) is 13.7. The fraction of sp³-hybridized carbons (Fsp3) is 0.938. The van der Waals surface area contributed by atoms with Gasteiger partial charge in [0.2, 0.25) is 0 Å². The van der Waals surface area contributed by atoms with Gasteiger partial charge >= 0.3 is 5.97 Å². The van der Waals surface area contributed by atoms with E-state index in [1.807, 2.05) is 6.92 Å². The lowest BCUT2D eigenvalue weighted by molar-refractivity contribution is -0.151. The van der Waals surface area contributed by atoms with Crippen LogP contribution in [0.5, 0.6) is 0 Å². The fourth-order valence-electron chi connectivity index (χ4n) is 1.86. The van der Waals surface area contributed by atoms with Gasteiger partial charge in [0.15, 0.2) is 0 Å². The van der Waals surface area contributed by atoms with Crippen molar-refractivity contribution < 1.29 is 14.3 Å². The lowest BCUT2D eigenvalue weighted by atomic mass is 10.1. The zero-order chi connectivity index (χ0) is 14.3. The molecular weight excluding hydrogens is 240 g/mol. The quantitative estimate of drug-likeness (QED) is 0.366. The molecule has 0 spiro atoms. The number of hydrogen-bond acceptors (Lipinski definition) is 3. The second-order valence-electron chi connectivity index (χ2n) is 5.25. The third-order valence-corrected chi connectivity index (χ3v) is 3.06. The second-order valence-corrected chi connectivity index (χ2v) is 5.25. The van der Waals surface area contributed by atoms with Crippen LogP contribution < -0.4 is 0 Å². The normalized spacial score (nSPS) is 12.4. The summed E-state index contributed by atoms with van der Waals surface area (Å²) in [5.74, 6) is -0.0814. The number of carbonyl (C=O) groups excluding carboxylic acids is 1. The summed E-state index contributed by atoms with van der Waals surface area (Å²) in [4.78, 5) is 11.6. The molecule has 3 heteroatoms. The monoisotopic (exact) mass is 272 g/mol. The van der Waals surface area contributed by atoms with Gasteiger partial charge in [-0.25, -0.2) is 0 Å². The SMILES string of the molecule is CCCCCCCCC(=O)OC(C)COCCCC. The van der Waals surface area contributed by atoms with Crippen molar-refractivity contribution in [3.63, 3.8) is 0 Å². The topological polar surface area (TPSA) is 35.5 Å². The number of rotatable bonds is 13. The number of unbranched alkanes of at least 4 members (excludes halogenated alkanes) is 6. The first kappa shape index (κ1) is 18.4. The molecule has 3 nitrogen and oxygen atoms in total. The van der Waals surface area contributed by atoms with Crippen molar-refractivity contribution in [2.45, 2.75) is 84.7 Å². The Balaban J connectivity index is 3.36. The van der Waals surface area contributed by atoms with Crippen LogP contribution in [-0.4, -0.2) is 25.3 Å². The predicted octanol–water partition coefficient (Wildman–Crippen LogP) is 4.49. The number of hydrogen-bond donors (Lipinski definition) is 0. The highest BCUT2D eigenvalue weighted by molar-refractivity contribution is 5.69. The predicted molar refractivity (Wildman–Crippen MR) is 79.3 cm³/mol. The number of carbonyl (C=O) groups is 1. The van der Waals surface area contributed by atoms with E-state index in [1.54, 1.807) is 0 Å². The minimum atomic E-state index is -0.121. The highest BCUT2D eigenvalue weighted by Crippen LogP contribution is 2.08. The van der Waals surface area contributed by atoms with Crippen molar-refractivity contribution in [3.8, 4) is 0 Å². The summed E-state index contributed by atoms with van der Waals surface area (Å²) in [7, 11) is 0. The van der Waals surface area contributed by atoms with E-state index in [0.29, 0.717) is 13.0 Å². The Morgan fingerprint density at radius 3 is 2.26 bits per heavy atom. The van der Waals surface area contributed by atoms with Gasteiger partial charge in [-0.1, -0.05) is 52.4 Å². The molecule has 1 unspecified atom stereocenters. The maximum absolute atomic E-state index is 11.6. The molecule has 0 saturated carbocycles. The van der Waals surface area contributed by atoms with Gasteiger partial charge in [0.05, 0.1) is 6.61 Å². The summed E-state index contributed by atoms with van der Waals surface area (Å²) in [6.45, 7) is 7.51. The molecule has 0 aromatic heterocycles. The van der Waals surface area contributed by atoms with Gasteiger partial charge < -0.3 is 9.47 Å². The van der Waals surface area contributed by atoms with Gasteiger partial charge in [-0.15, -0.1) is 0 Å². The van der Waals surface area contributed by atoms with Crippen LogP contribution in [0.3, 0.4) is 0 Å². The van der Waals surface area contributed by atoms with Gasteiger partial charge in [0, 0.05) is 13.0 Å². The Labute approximate surface area is 119 Å². The van der Waals surface area contributed by atoms with Crippen LogP contribution in [0.2, 0.25) is 0 Å². The molecule has 0 heterocycles. The van der Waals surface area contributed by atoms with Gasteiger partial charge in [-0.2, -0.15) is 0 Å². The molecule has 19 heavy (non-hydrogen) atoms. The number of esters is 1. The molecule has 0 saturated heterocycles. The van der Waals surface area contributed by atoms with Crippen LogP contribution in [0.4, 0.5) is 0 Å². The average Bonchev–Trinajstić information content (AvgIpc) is 2.39.